The van der Waals surface area contributed by atoms with E-state index in [1.54, 1.807) is 0 Å². The lowest BCUT2D eigenvalue weighted by atomic mass is 10.3. The number of anilines is 1. The van der Waals surface area contributed by atoms with Crippen molar-refractivity contribution >= 4 is 5.82 Å². The van der Waals surface area contributed by atoms with Crippen LogP contribution < -0.4 is 11.1 Å². The van der Waals surface area contributed by atoms with Crippen LogP contribution in [0.3, 0.4) is 0 Å². The number of nitrogens with two attached hydrogens (primary N) is 1. The molecule has 0 aliphatic heterocycles. The van der Waals surface area contributed by atoms with Crippen molar-refractivity contribution in [2.24, 2.45) is 5.73 Å². The number of aromatic nitrogens is 1. The molecular weight excluding hydrogens is 150 g/mol. The van der Waals surface area contributed by atoms with E-state index >= 15 is 0 Å². The number of hydrogen-bond donors (Lipinski definition) is 2. The van der Waals surface area contributed by atoms with Gasteiger partial charge in [-0.15, -0.1) is 0 Å². The third kappa shape index (κ3) is 2.51. The molecule has 0 bridgehead atoms. The standard InChI is InChI=1S/C9H15N3/c1-7-4-3-5-9(11-7)12-8(2)6-10/h3-5,8H,6,10H2,1-2H3,(H,11,12). The smallest absolute Gasteiger partial charge is 0.126 e. The van der Waals surface area contributed by atoms with Crippen molar-refractivity contribution in [3.63, 3.8) is 0 Å². The maximum Gasteiger partial charge on any atom is 0.126 e. The molecule has 0 amide bonds. The monoisotopic (exact) mass is 165 g/mol. The van der Waals surface area contributed by atoms with Gasteiger partial charge in [-0.25, -0.2) is 4.98 Å². The Kier molecular flexibility index (Phi) is 3.05. The Hall–Kier alpha value is -1.09. The van der Waals surface area contributed by atoms with Gasteiger partial charge in [0, 0.05) is 18.3 Å². The molecule has 1 heterocycles. The van der Waals surface area contributed by atoms with Gasteiger partial charge in [0.2, 0.25) is 0 Å². The molecule has 0 spiro atoms. The van der Waals surface area contributed by atoms with Gasteiger partial charge in [-0.3, -0.25) is 0 Å². The first-order valence-corrected chi connectivity index (χ1v) is 4.12. The summed E-state index contributed by atoms with van der Waals surface area (Å²) in [5.41, 5.74) is 6.49. The number of nitrogens with zero attached hydrogens (tertiary/aromatic N) is 1. The van der Waals surface area contributed by atoms with Gasteiger partial charge in [0.1, 0.15) is 5.82 Å². The molecule has 3 N–H and O–H groups in total. The maximum atomic E-state index is 5.47. The van der Waals surface area contributed by atoms with Crippen molar-refractivity contribution < 1.29 is 0 Å². The van der Waals surface area contributed by atoms with E-state index in [9.17, 15) is 0 Å². The van der Waals surface area contributed by atoms with Crippen molar-refractivity contribution in [1.82, 2.24) is 4.98 Å². The number of pyridine rings is 1. The minimum atomic E-state index is 0.277. The van der Waals surface area contributed by atoms with Gasteiger partial charge >= 0.3 is 0 Å². The van der Waals surface area contributed by atoms with E-state index in [1.165, 1.54) is 0 Å². The van der Waals surface area contributed by atoms with E-state index in [-0.39, 0.29) is 6.04 Å². The highest BCUT2D eigenvalue weighted by Gasteiger charge is 1.98. The van der Waals surface area contributed by atoms with E-state index in [1.807, 2.05) is 32.0 Å². The number of nitrogens with one attached hydrogen (secondary N) is 1. The molecule has 0 aliphatic rings. The zero-order chi connectivity index (χ0) is 8.97. The molecule has 66 valence electrons. The van der Waals surface area contributed by atoms with Crippen LogP contribution in [0.2, 0.25) is 0 Å². The predicted octanol–water partition coefficient (Wildman–Crippen LogP) is 1.15. The summed E-state index contributed by atoms with van der Waals surface area (Å²) in [6.07, 6.45) is 0. The molecule has 12 heavy (non-hydrogen) atoms. The van der Waals surface area contributed by atoms with Gasteiger partial charge < -0.3 is 11.1 Å². The van der Waals surface area contributed by atoms with Gasteiger partial charge in [-0.05, 0) is 26.0 Å². The predicted molar refractivity (Wildman–Crippen MR) is 51.1 cm³/mol. The molecule has 0 aromatic carbocycles. The Morgan fingerprint density at radius 2 is 2.33 bits per heavy atom. The molecule has 1 aromatic rings. The van der Waals surface area contributed by atoms with Crippen molar-refractivity contribution in [3.8, 4) is 0 Å². The van der Waals surface area contributed by atoms with Crippen molar-refractivity contribution in [2.45, 2.75) is 19.9 Å². The summed E-state index contributed by atoms with van der Waals surface area (Å²) >= 11 is 0. The Labute approximate surface area is 73.0 Å². The van der Waals surface area contributed by atoms with E-state index < -0.39 is 0 Å². The topological polar surface area (TPSA) is 50.9 Å². The Morgan fingerprint density at radius 3 is 2.92 bits per heavy atom. The average molecular weight is 165 g/mol. The van der Waals surface area contributed by atoms with Crippen LogP contribution in [0.25, 0.3) is 0 Å². The minimum Gasteiger partial charge on any atom is -0.366 e. The van der Waals surface area contributed by atoms with Crippen LogP contribution in [0.4, 0.5) is 5.82 Å². The second-order valence-corrected chi connectivity index (χ2v) is 2.95. The van der Waals surface area contributed by atoms with Crippen LogP contribution in [-0.2, 0) is 0 Å². The van der Waals surface area contributed by atoms with Gasteiger partial charge in [0.15, 0.2) is 0 Å². The molecular formula is C9H15N3. The normalized spacial score (nSPS) is 12.6. The zero-order valence-electron chi connectivity index (χ0n) is 7.54. The molecule has 1 atom stereocenters. The number of rotatable bonds is 3. The average Bonchev–Trinajstić information content (AvgIpc) is 2.04. The van der Waals surface area contributed by atoms with E-state index in [0.717, 1.165) is 11.5 Å². The van der Waals surface area contributed by atoms with Gasteiger partial charge in [-0.2, -0.15) is 0 Å². The Morgan fingerprint density at radius 1 is 1.58 bits per heavy atom. The summed E-state index contributed by atoms with van der Waals surface area (Å²) in [5, 5.41) is 3.20. The van der Waals surface area contributed by atoms with Crippen LogP contribution in [0.5, 0.6) is 0 Å². The zero-order valence-corrected chi connectivity index (χ0v) is 7.54. The van der Waals surface area contributed by atoms with Crippen molar-refractivity contribution in [1.29, 1.82) is 0 Å². The molecule has 3 nitrogen and oxygen atoms in total. The second-order valence-electron chi connectivity index (χ2n) is 2.95. The SMILES string of the molecule is Cc1cccc(NC(C)CN)n1. The summed E-state index contributed by atoms with van der Waals surface area (Å²) < 4.78 is 0. The lowest BCUT2D eigenvalue weighted by Crippen LogP contribution is -2.25. The first kappa shape index (κ1) is 9.00. The first-order valence-electron chi connectivity index (χ1n) is 4.12. The molecule has 0 saturated carbocycles. The van der Waals surface area contributed by atoms with Crippen LogP contribution in [0.1, 0.15) is 12.6 Å². The summed E-state index contributed by atoms with van der Waals surface area (Å²) in [4.78, 5) is 4.29. The lowest BCUT2D eigenvalue weighted by molar-refractivity contribution is 0.797. The fraction of sp³-hybridized carbons (Fsp3) is 0.444. The van der Waals surface area contributed by atoms with Crippen LogP contribution in [-0.4, -0.2) is 17.6 Å². The van der Waals surface area contributed by atoms with E-state index in [2.05, 4.69) is 10.3 Å². The summed E-state index contributed by atoms with van der Waals surface area (Å²) in [5.74, 6) is 0.896. The number of hydrogen-bond acceptors (Lipinski definition) is 3. The van der Waals surface area contributed by atoms with E-state index in [4.69, 9.17) is 5.73 Å². The quantitative estimate of drug-likeness (QED) is 0.706. The second kappa shape index (κ2) is 4.07. The van der Waals surface area contributed by atoms with Gasteiger partial charge in [0.25, 0.3) is 0 Å². The molecule has 0 fully saturated rings. The highest BCUT2D eigenvalue weighted by Crippen LogP contribution is 2.04. The third-order valence-corrected chi connectivity index (χ3v) is 1.64. The fourth-order valence-electron chi connectivity index (χ4n) is 0.935. The molecule has 3 heteroatoms. The van der Waals surface area contributed by atoms with E-state index in [0.29, 0.717) is 6.54 Å². The molecule has 1 aromatic heterocycles. The molecule has 1 unspecified atom stereocenters. The summed E-state index contributed by atoms with van der Waals surface area (Å²) in [7, 11) is 0. The third-order valence-electron chi connectivity index (χ3n) is 1.64. The molecule has 0 saturated heterocycles. The van der Waals surface area contributed by atoms with Crippen molar-refractivity contribution in [2.75, 3.05) is 11.9 Å². The van der Waals surface area contributed by atoms with Gasteiger partial charge in [0.05, 0.1) is 0 Å². The summed E-state index contributed by atoms with van der Waals surface area (Å²) in [6, 6.07) is 6.17. The molecule has 0 radical (unpaired) electrons. The summed E-state index contributed by atoms with van der Waals surface area (Å²) in [6.45, 7) is 4.62. The maximum absolute atomic E-state index is 5.47. The van der Waals surface area contributed by atoms with Crippen LogP contribution in [0.15, 0.2) is 18.2 Å². The van der Waals surface area contributed by atoms with Crippen molar-refractivity contribution in [3.05, 3.63) is 23.9 Å². The number of aryl methyl sites for hydroxylation is 1. The fourth-order valence-corrected chi connectivity index (χ4v) is 0.935. The first-order chi connectivity index (χ1) is 5.72. The highest BCUT2D eigenvalue weighted by atomic mass is 15.0. The van der Waals surface area contributed by atoms with Gasteiger partial charge in [-0.1, -0.05) is 6.07 Å². The Balaban J connectivity index is 2.63. The minimum absolute atomic E-state index is 0.277. The molecule has 0 aliphatic carbocycles. The largest absolute Gasteiger partial charge is 0.366 e. The lowest BCUT2D eigenvalue weighted by Gasteiger charge is -2.11. The van der Waals surface area contributed by atoms with Crippen LogP contribution in [0, 0.1) is 6.92 Å². The molecule has 1 rings (SSSR count). The Bertz CT molecular complexity index is 247. The highest BCUT2D eigenvalue weighted by molar-refractivity contribution is 5.36. The van der Waals surface area contributed by atoms with Crippen LogP contribution >= 0.6 is 0 Å².